The SMILES string of the molecule is CCCOc1ccc(C2=NOC(CCl)C2)cc1. The third kappa shape index (κ3) is 3.13. The van der Waals surface area contributed by atoms with E-state index in [-0.39, 0.29) is 6.10 Å². The monoisotopic (exact) mass is 253 g/mol. The van der Waals surface area contributed by atoms with E-state index in [4.69, 9.17) is 21.2 Å². The minimum Gasteiger partial charge on any atom is -0.494 e. The molecule has 1 atom stereocenters. The van der Waals surface area contributed by atoms with Crippen molar-refractivity contribution in [2.75, 3.05) is 12.5 Å². The first-order chi connectivity index (χ1) is 8.33. The third-order valence-corrected chi connectivity index (χ3v) is 2.91. The minimum absolute atomic E-state index is 0.0164. The first-order valence-electron chi connectivity index (χ1n) is 5.85. The maximum atomic E-state index is 5.72. The zero-order valence-electron chi connectivity index (χ0n) is 9.86. The van der Waals surface area contributed by atoms with Gasteiger partial charge in [-0.3, -0.25) is 0 Å². The van der Waals surface area contributed by atoms with E-state index < -0.39 is 0 Å². The molecule has 0 spiro atoms. The van der Waals surface area contributed by atoms with Crippen LogP contribution in [0.5, 0.6) is 5.75 Å². The highest BCUT2D eigenvalue weighted by Gasteiger charge is 2.20. The number of halogens is 1. The Hall–Kier alpha value is -1.22. The van der Waals surface area contributed by atoms with Crippen molar-refractivity contribution in [1.29, 1.82) is 0 Å². The quantitative estimate of drug-likeness (QED) is 0.755. The number of alkyl halides is 1. The van der Waals surface area contributed by atoms with Gasteiger partial charge in [0, 0.05) is 6.42 Å². The van der Waals surface area contributed by atoms with E-state index in [1.165, 1.54) is 0 Å². The maximum absolute atomic E-state index is 5.72. The second-order valence-electron chi connectivity index (χ2n) is 4.00. The molecule has 1 aliphatic rings. The van der Waals surface area contributed by atoms with Gasteiger partial charge in [0.2, 0.25) is 0 Å². The Kier molecular flexibility index (Phi) is 4.26. The van der Waals surface area contributed by atoms with Gasteiger partial charge >= 0.3 is 0 Å². The van der Waals surface area contributed by atoms with Gasteiger partial charge in [0.15, 0.2) is 0 Å². The maximum Gasteiger partial charge on any atom is 0.146 e. The molecule has 1 aliphatic heterocycles. The van der Waals surface area contributed by atoms with Crippen molar-refractivity contribution in [3.63, 3.8) is 0 Å². The van der Waals surface area contributed by atoms with Gasteiger partial charge in [-0.15, -0.1) is 11.6 Å². The van der Waals surface area contributed by atoms with Gasteiger partial charge in [-0.05, 0) is 36.2 Å². The van der Waals surface area contributed by atoms with Crippen molar-refractivity contribution in [3.05, 3.63) is 29.8 Å². The molecule has 1 aromatic rings. The van der Waals surface area contributed by atoms with E-state index in [1.807, 2.05) is 24.3 Å². The molecule has 0 bridgehead atoms. The molecule has 4 heteroatoms. The molecule has 1 heterocycles. The van der Waals surface area contributed by atoms with Crippen LogP contribution in [0.25, 0.3) is 0 Å². The number of benzene rings is 1. The van der Waals surface area contributed by atoms with Gasteiger partial charge in [0.1, 0.15) is 11.9 Å². The lowest BCUT2D eigenvalue weighted by molar-refractivity contribution is 0.102. The highest BCUT2D eigenvalue weighted by Crippen LogP contribution is 2.20. The number of rotatable bonds is 5. The van der Waals surface area contributed by atoms with Crippen LogP contribution in [0.1, 0.15) is 25.3 Å². The van der Waals surface area contributed by atoms with Gasteiger partial charge < -0.3 is 9.57 Å². The average molecular weight is 254 g/mol. The standard InChI is InChI=1S/C13H16ClNO2/c1-2-7-16-11-5-3-10(4-6-11)13-8-12(9-14)17-15-13/h3-6,12H,2,7-9H2,1H3. The number of hydrogen-bond acceptors (Lipinski definition) is 3. The summed E-state index contributed by atoms with van der Waals surface area (Å²) in [4.78, 5) is 5.19. The Morgan fingerprint density at radius 1 is 1.41 bits per heavy atom. The summed E-state index contributed by atoms with van der Waals surface area (Å²) in [7, 11) is 0. The van der Waals surface area contributed by atoms with Crippen molar-refractivity contribution in [2.24, 2.45) is 5.16 Å². The second kappa shape index (κ2) is 5.92. The zero-order chi connectivity index (χ0) is 12.1. The Labute approximate surface area is 106 Å². The fraction of sp³-hybridized carbons (Fsp3) is 0.462. The zero-order valence-corrected chi connectivity index (χ0v) is 10.6. The molecule has 1 unspecified atom stereocenters. The lowest BCUT2D eigenvalue weighted by Crippen LogP contribution is -2.09. The first-order valence-corrected chi connectivity index (χ1v) is 6.38. The molecule has 17 heavy (non-hydrogen) atoms. The lowest BCUT2D eigenvalue weighted by Gasteiger charge is -2.05. The average Bonchev–Trinajstić information content (AvgIpc) is 2.86. The van der Waals surface area contributed by atoms with Gasteiger partial charge in [0.25, 0.3) is 0 Å². The van der Waals surface area contributed by atoms with Crippen molar-refractivity contribution < 1.29 is 9.57 Å². The molecule has 0 saturated heterocycles. The number of hydrogen-bond donors (Lipinski definition) is 0. The molecule has 0 fully saturated rings. The van der Waals surface area contributed by atoms with Crippen LogP contribution >= 0.6 is 11.6 Å². The van der Waals surface area contributed by atoms with Crippen molar-refractivity contribution in [2.45, 2.75) is 25.9 Å². The van der Waals surface area contributed by atoms with E-state index in [2.05, 4.69) is 12.1 Å². The van der Waals surface area contributed by atoms with E-state index in [1.54, 1.807) is 0 Å². The van der Waals surface area contributed by atoms with Crippen molar-refractivity contribution in [1.82, 2.24) is 0 Å². The molecular formula is C13H16ClNO2. The number of ether oxygens (including phenoxy) is 1. The highest BCUT2D eigenvalue weighted by atomic mass is 35.5. The van der Waals surface area contributed by atoms with Crippen molar-refractivity contribution in [3.8, 4) is 5.75 Å². The van der Waals surface area contributed by atoms with Crippen LogP contribution in [0.15, 0.2) is 29.4 Å². The van der Waals surface area contributed by atoms with Gasteiger partial charge in [-0.25, -0.2) is 0 Å². The van der Waals surface area contributed by atoms with Crippen LogP contribution in [0.2, 0.25) is 0 Å². The summed E-state index contributed by atoms with van der Waals surface area (Å²) in [6.07, 6.45) is 1.81. The van der Waals surface area contributed by atoms with E-state index in [0.29, 0.717) is 5.88 Å². The predicted molar refractivity (Wildman–Crippen MR) is 69.0 cm³/mol. The fourth-order valence-electron chi connectivity index (χ4n) is 1.65. The minimum atomic E-state index is 0.0164. The van der Waals surface area contributed by atoms with Crippen LogP contribution in [-0.2, 0) is 4.84 Å². The number of nitrogens with zero attached hydrogens (tertiary/aromatic N) is 1. The Bertz CT molecular complexity index is 389. The number of oxime groups is 1. The smallest absolute Gasteiger partial charge is 0.146 e. The van der Waals surface area contributed by atoms with Crippen molar-refractivity contribution >= 4 is 17.3 Å². The van der Waals surface area contributed by atoms with E-state index in [0.717, 1.165) is 36.5 Å². The summed E-state index contributed by atoms with van der Waals surface area (Å²) in [5.41, 5.74) is 2.03. The molecule has 3 nitrogen and oxygen atoms in total. The fourth-order valence-corrected chi connectivity index (χ4v) is 1.81. The third-order valence-electron chi connectivity index (χ3n) is 2.57. The van der Waals surface area contributed by atoms with E-state index in [9.17, 15) is 0 Å². The normalized spacial score (nSPS) is 18.7. The largest absolute Gasteiger partial charge is 0.494 e. The molecule has 1 aromatic carbocycles. The molecule has 2 rings (SSSR count). The molecule has 92 valence electrons. The van der Waals surface area contributed by atoms with Gasteiger partial charge in [-0.2, -0.15) is 0 Å². The molecular weight excluding hydrogens is 238 g/mol. The highest BCUT2D eigenvalue weighted by molar-refractivity contribution is 6.18. The van der Waals surface area contributed by atoms with Crippen LogP contribution in [-0.4, -0.2) is 24.3 Å². The molecule has 0 aromatic heterocycles. The van der Waals surface area contributed by atoms with Crippen LogP contribution < -0.4 is 4.74 Å². The van der Waals surface area contributed by atoms with Gasteiger partial charge in [-0.1, -0.05) is 12.1 Å². The molecule has 0 N–H and O–H groups in total. The lowest BCUT2D eigenvalue weighted by atomic mass is 10.1. The molecule has 0 saturated carbocycles. The summed E-state index contributed by atoms with van der Waals surface area (Å²) in [5.74, 6) is 1.37. The summed E-state index contributed by atoms with van der Waals surface area (Å²) in [5, 5.41) is 4.04. The first kappa shape index (κ1) is 12.2. The summed E-state index contributed by atoms with van der Waals surface area (Å²) >= 11 is 5.72. The van der Waals surface area contributed by atoms with Crippen LogP contribution in [0, 0.1) is 0 Å². The molecule has 0 radical (unpaired) electrons. The predicted octanol–water partition coefficient (Wildman–Crippen LogP) is 3.21. The summed E-state index contributed by atoms with van der Waals surface area (Å²) in [6.45, 7) is 2.84. The Morgan fingerprint density at radius 2 is 2.18 bits per heavy atom. The topological polar surface area (TPSA) is 30.8 Å². The second-order valence-corrected chi connectivity index (χ2v) is 4.31. The summed E-state index contributed by atoms with van der Waals surface area (Å²) < 4.78 is 5.52. The van der Waals surface area contributed by atoms with Crippen LogP contribution in [0.3, 0.4) is 0 Å². The Morgan fingerprint density at radius 3 is 2.76 bits per heavy atom. The van der Waals surface area contributed by atoms with Gasteiger partial charge in [0.05, 0.1) is 18.2 Å². The summed E-state index contributed by atoms with van der Waals surface area (Å²) in [6, 6.07) is 7.93. The molecule has 0 aliphatic carbocycles. The van der Waals surface area contributed by atoms with E-state index >= 15 is 0 Å². The molecule has 0 amide bonds. The Balaban J connectivity index is 1.99. The van der Waals surface area contributed by atoms with Crippen LogP contribution in [0.4, 0.5) is 0 Å².